The number of carbonyl (C=O) groups is 2. The molecule has 1 aromatic heterocycles. The number of piperidine rings is 1. The number of carbonyl (C=O) groups excluding carboxylic acids is 2. The molecule has 1 aromatic carbocycles. The molecule has 2 aliphatic heterocycles. The molecule has 5 atom stereocenters. The average molecular weight is 536 g/mol. The molecule has 2 saturated carbocycles. The van der Waals surface area contributed by atoms with E-state index in [0.717, 1.165) is 30.2 Å². The summed E-state index contributed by atoms with van der Waals surface area (Å²) in [6, 6.07) is 8.72. The van der Waals surface area contributed by atoms with Crippen molar-refractivity contribution in [1.29, 1.82) is 0 Å². The highest BCUT2D eigenvalue weighted by atomic mass is 16.5. The van der Waals surface area contributed by atoms with Gasteiger partial charge in [-0.3, -0.25) is 19.3 Å². The fourth-order valence-electron chi connectivity index (χ4n) is 8.10. The van der Waals surface area contributed by atoms with Crippen LogP contribution in [0.1, 0.15) is 94.1 Å². The summed E-state index contributed by atoms with van der Waals surface area (Å²) in [5.74, 6) is 0.865. The predicted molar refractivity (Wildman–Crippen MR) is 148 cm³/mol. The Kier molecular flexibility index (Phi) is 7.85. The first-order valence-corrected chi connectivity index (χ1v) is 15.1. The van der Waals surface area contributed by atoms with E-state index in [4.69, 9.17) is 9.47 Å². The highest BCUT2D eigenvalue weighted by Gasteiger charge is 2.46. The van der Waals surface area contributed by atoms with Crippen LogP contribution in [0, 0.1) is 11.8 Å². The van der Waals surface area contributed by atoms with Gasteiger partial charge in [-0.15, -0.1) is 0 Å². The first-order chi connectivity index (χ1) is 19.0. The van der Waals surface area contributed by atoms with Crippen LogP contribution < -0.4 is 5.56 Å². The van der Waals surface area contributed by atoms with E-state index in [1.165, 1.54) is 44.9 Å². The van der Waals surface area contributed by atoms with E-state index in [9.17, 15) is 14.4 Å². The molecule has 0 radical (unpaired) electrons. The molecule has 0 amide bonds. The molecule has 0 spiro atoms. The van der Waals surface area contributed by atoms with Gasteiger partial charge in [0.05, 0.1) is 37.3 Å². The molecule has 8 heteroatoms. The van der Waals surface area contributed by atoms with Crippen molar-refractivity contribution in [2.45, 2.75) is 102 Å². The van der Waals surface area contributed by atoms with Crippen LogP contribution in [-0.4, -0.2) is 64.1 Å². The molecule has 2 aromatic rings. The van der Waals surface area contributed by atoms with Crippen molar-refractivity contribution in [2.24, 2.45) is 11.8 Å². The zero-order chi connectivity index (χ0) is 26.9. The summed E-state index contributed by atoms with van der Waals surface area (Å²) in [6.07, 6.45) is 11.0. The van der Waals surface area contributed by atoms with Gasteiger partial charge in [0.2, 0.25) is 0 Å². The van der Waals surface area contributed by atoms with Crippen LogP contribution in [0.15, 0.2) is 29.1 Å². The Balaban J connectivity index is 1.28. The SMILES string of the molecule is CCOC(=O)CCC(=O)c1nc2ccccc2n(C2C[C@H]3COC[C@H](C2)N3[C@@H]2CC3CCCC[C@H](C3)C2)c1=O. The maximum Gasteiger partial charge on any atom is 0.306 e. The van der Waals surface area contributed by atoms with Crippen molar-refractivity contribution < 1.29 is 19.1 Å². The van der Waals surface area contributed by atoms with Crippen LogP contribution in [0.25, 0.3) is 11.0 Å². The number of morpholine rings is 1. The van der Waals surface area contributed by atoms with Gasteiger partial charge in [-0.05, 0) is 63.0 Å². The van der Waals surface area contributed by atoms with E-state index in [2.05, 4.69) is 9.88 Å². The maximum absolute atomic E-state index is 13.9. The van der Waals surface area contributed by atoms with Crippen LogP contribution in [0.2, 0.25) is 0 Å². The number of ketones is 1. The molecule has 2 saturated heterocycles. The summed E-state index contributed by atoms with van der Waals surface area (Å²) >= 11 is 0. The first-order valence-electron chi connectivity index (χ1n) is 15.1. The minimum atomic E-state index is -0.435. The van der Waals surface area contributed by atoms with Crippen molar-refractivity contribution in [3.05, 3.63) is 40.3 Å². The lowest BCUT2D eigenvalue weighted by Gasteiger charge is -2.54. The molecular formula is C31H41N3O5. The van der Waals surface area contributed by atoms with Crippen molar-refractivity contribution in [1.82, 2.24) is 14.5 Å². The normalized spacial score (nSPS) is 31.0. The molecule has 39 heavy (non-hydrogen) atoms. The molecule has 1 unspecified atom stereocenters. The van der Waals surface area contributed by atoms with E-state index in [1.54, 1.807) is 6.92 Å². The third-order valence-corrected chi connectivity index (χ3v) is 9.61. The number of esters is 1. The number of hydrogen-bond acceptors (Lipinski definition) is 7. The zero-order valence-electron chi connectivity index (χ0n) is 23.1. The van der Waals surface area contributed by atoms with Crippen molar-refractivity contribution in [2.75, 3.05) is 19.8 Å². The quantitative estimate of drug-likeness (QED) is 0.375. The van der Waals surface area contributed by atoms with E-state index >= 15 is 0 Å². The topological polar surface area (TPSA) is 90.7 Å². The number of rotatable bonds is 7. The molecule has 0 N–H and O–H groups in total. The lowest BCUT2D eigenvalue weighted by Crippen LogP contribution is -2.62. The Morgan fingerprint density at radius 3 is 2.31 bits per heavy atom. The molecule has 2 aliphatic carbocycles. The second-order valence-electron chi connectivity index (χ2n) is 12.1. The summed E-state index contributed by atoms with van der Waals surface area (Å²) < 4.78 is 12.9. The molecule has 4 aliphatic rings. The Labute approximate surface area is 230 Å². The molecular weight excluding hydrogens is 494 g/mol. The van der Waals surface area contributed by atoms with Gasteiger partial charge < -0.3 is 14.0 Å². The van der Waals surface area contributed by atoms with Gasteiger partial charge in [0, 0.05) is 30.6 Å². The third kappa shape index (κ3) is 5.42. The van der Waals surface area contributed by atoms with E-state index in [1.807, 2.05) is 28.8 Å². The zero-order valence-corrected chi connectivity index (χ0v) is 23.1. The smallest absolute Gasteiger partial charge is 0.306 e. The van der Waals surface area contributed by atoms with Gasteiger partial charge in [-0.1, -0.05) is 37.8 Å². The number of benzene rings is 1. The Morgan fingerprint density at radius 2 is 1.62 bits per heavy atom. The summed E-state index contributed by atoms with van der Waals surface area (Å²) in [6.45, 7) is 3.39. The van der Waals surface area contributed by atoms with Gasteiger partial charge in [0.25, 0.3) is 5.56 Å². The number of fused-ring (bicyclic) bond motifs is 5. The van der Waals surface area contributed by atoms with Gasteiger partial charge in [0.15, 0.2) is 11.5 Å². The van der Waals surface area contributed by atoms with Crippen molar-refractivity contribution >= 4 is 22.8 Å². The standard InChI is InChI=1S/C31H41N3O5/c1-2-39-29(36)12-11-28(35)30-31(37)34(27-10-6-5-9-26(27)32-30)23-16-24-18-38-19-25(17-23)33(24)22-14-20-7-3-4-8-21(13-20)15-22/h5-6,9-10,20-25H,2-4,7-8,11-19H2,1H3/t20-,21?,22+,24+,25+/m1/s1. The number of Topliss-reactive ketones (excluding diaryl/α,β-unsaturated/α-hetero) is 1. The van der Waals surface area contributed by atoms with Crippen molar-refractivity contribution in [3.8, 4) is 0 Å². The van der Waals surface area contributed by atoms with E-state index < -0.39 is 11.8 Å². The summed E-state index contributed by atoms with van der Waals surface area (Å²) in [4.78, 5) is 46.1. The summed E-state index contributed by atoms with van der Waals surface area (Å²) in [5, 5.41) is 0. The molecule has 4 fully saturated rings. The van der Waals surface area contributed by atoms with E-state index in [0.29, 0.717) is 24.8 Å². The van der Waals surface area contributed by atoms with Crippen molar-refractivity contribution in [3.63, 3.8) is 0 Å². The maximum atomic E-state index is 13.9. The fourth-order valence-corrected chi connectivity index (χ4v) is 8.10. The van der Waals surface area contributed by atoms with Crippen LogP contribution >= 0.6 is 0 Å². The Bertz CT molecular complexity index is 1250. The van der Waals surface area contributed by atoms with Crippen LogP contribution in [-0.2, 0) is 14.3 Å². The Hall–Kier alpha value is -2.58. The fraction of sp³-hybridized carbons (Fsp3) is 0.677. The monoisotopic (exact) mass is 535 g/mol. The van der Waals surface area contributed by atoms with Crippen LogP contribution in [0.4, 0.5) is 0 Å². The van der Waals surface area contributed by atoms with Gasteiger partial charge in [-0.25, -0.2) is 4.98 Å². The number of ether oxygens (including phenoxy) is 2. The second kappa shape index (κ2) is 11.5. The number of aromatic nitrogens is 2. The molecule has 8 nitrogen and oxygen atoms in total. The minimum absolute atomic E-state index is 0.0250. The highest BCUT2D eigenvalue weighted by Crippen LogP contribution is 2.44. The van der Waals surface area contributed by atoms with Gasteiger partial charge in [-0.2, -0.15) is 0 Å². The third-order valence-electron chi connectivity index (χ3n) is 9.61. The van der Waals surface area contributed by atoms with Gasteiger partial charge in [0.1, 0.15) is 0 Å². The predicted octanol–water partition coefficient (Wildman–Crippen LogP) is 4.69. The lowest BCUT2D eigenvalue weighted by molar-refractivity contribution is -0.143. The lowest BCUT2D eigenvalue weighted by atomic mass is 9.75. The van der Waals surface area contributed by atoms with Crippen LogP contribution in [0.3, 0.4) is 0 Å². The Morgan fingerprint density at radius 1 is 0.923 bits per heavy atom. The summed E-state index contributed by atoms with van der Waals surface area (Å²) in [7, 11) is 0. The first kappa shape index (κ1) is 26.6. The van der Waals surface area contributed by atoms with Crippen LogP contribution in [0.5, 0.6) is 0 Å². The highest BCUT2D eigenvalue weighted by molar-refractivity contribution is 5.97. The molecule has 6 rings (SSSR count). The number of hydrogen-bond donors (Lipinski definition) is 0. The average Bonchev–Trinajstić information content (AvgIpc) is 3.10. The number of para-hydroxylation sites is 2. The largest absolute Gasteiger partial charge is 0.466 e. The minimum Gasteiger partial charge on any atom is -0.466 e. The van der Waals surface area contributed by atoms with E-state index in [-0.39, 0.29) is 48.8 Å². The molecule has 4 bridgehead atoms. The van der Waals surface area contributed by atoms with Gasteiger partial charge >= 0.3 is 5.97 Å². The second-order valence-corrected chi connectivity index (χ2v) is 12.1. The molecule has 3 heterocycles. The molecule has 210 valence electrons. The number of nitrogens with zero attached hydrogens (tertiary/aromatic N) is 3. The summed E-state index contributed by atoms with van der Waals surface area (Å²) in [5.41, 5.74) is 0.990.